The number of halogens is 1. The van der Waals surface area contributed by atoms with Crippen LogP contribution in [0.5, 0.6) is 0 Å². The Hall–Kier alpha value is -0.490. The average molecular weight is 194 g/mol. The second-order valence-electron chi connectivity index (χ2n) is 3.98. The van der Waals surface area contributed by atoms with Crippen LogP contribution in [0.15, 0.2) is 18.2 Å². The van der Waals surface area contributed by atoms with Gasteiger partial charge in [-0.2, -0.15) is 0 Å². The third-order valence-corrected chi connectivity index (χ3v) is 2.91. The van der Waals surface area contributed by atoms with Crippen LogP contribution in [0.25, 0.3) is 0 Å². The van der Waals surface area contributed by atoms with Crippen LogP contribution in [-0.2, 0) is 0 Å². The normalized spacial score (nSPS) is 16.6. The Morgan fingerprint density at radius 1 is 1.31 bits per heavy atom. The lowest BCUT2D eigenvalue weighted by Gasteiger charge is -2.12. The quantitative estimate of drug-likeness (QED) is 0.661. The molecule has 0 spiro atoms. The van der Waals surface area contributed by atoms with E-state index in [4.69, 9.17) is 11.6 Å². The monoisotopic (exact) mass is 193 g/mol. The molecule has 1 aliphatic carbocycles. The molecule has 0 aliphatic heterocycles. The van der Waals surface area contributed by atoms with E-state index in [0.29, 0.717) is 0 Å². The molecule has 1 saturated carbocycles. The topological polar surface area (TPSA) is 0 Å². The van der Waals surface area contributed by atoms with E-state index in [1.54, 1.807) is 0 Å². The molecule has 1 fully saturated rings. The molecule has 1 aromatic rings. The second kappa shape index (κ2) is 3.34. The Bertz CT molecular complexity index is 311. The summed E-state index contributed by atoms with van der Waals surface area (Å²) in [6.07, 6.45) is 2.62. The van der Waals surface area contributed by atoms with Gasteiger partial charge in [0.15, 0.2) is 0 Å². The fourth-order valence-electron chi connectivity index (χ4n) is 1.76. The highest BCUT2D eigenvalue weighted by Gasteiger charge is 2.28. The summed E-state index contributed by atoms with van der Waals surface area (Å²) in [4.78, 5) is 0. The van der Waals surface area contributed by atoms with Crippen molar-refractivity contribution in [2.45, 2.75) is 32.6 Å². The third-order valence-electron chi connectivity index (χ3n) is 2.58. The van der Waals surface area contributed by atoms with Crippen molar-refractivity contribution >= 4 is 11.6 Å². The molecule has 0 heterocycles. The van der Waals surface area contributed by atoms with Crippen LogP contribution in [0, 0.1) is 5.92 Å². The van der Waals surface area contributed by atoms with Crippen molar-refractivity contribution in [3.05, 3.63) is 40.3 Å². The van der Waals surface area contributed by atoms with Crippen molar-refractivity contribution in [3.63, 3.8) is 0 Å². The van der Waals surface area contributed by atoms with Crippen LogP contribution < -0.4 is 0 Å². The van der Waals surface area contributed by atoms with Crippen LogP contribution in [-0.4, -0.2) is 0 Å². The maximum Gasteiger partial charge on any atom is 0.0443 e. The SMILES string of the molecule is C[C](C)c1cccc(Cl)c1C1CC1. The van der Waals surface area contributed by atoms with Gasteiger partial charge in [0.25, 0.3) is 0 Å². The highest BCUT2D eigenvalue weighted by Crippen LogP contribution is 2.46. The first-order valence-corrected chi connectivity index (χ1v) is 5.17. The predicted molar refractivity (Wildman–Crippen MR) is 57.1 cm³/mol. The Morgan fingerprint density at radius 2 is 2.00 bits per heavy atom. The lowest BCUT2D eigenvalue weighted by molar-refractivity contribution is 1.04. The van der Waals surface area contributed by atoms with Crippen molar-refractivity contribution in [3.8, 4) is 0 Å². The molecule has 0 amide bonds. The van der Waals surface area contributed by atoms with Gasteiger partial charge in [-0.3, -0.25) is 0 Å². The second-order valence-corrected chi connectivity index (χ2v) is 4.38. The Labute approximate surface area is 84.9 Å². The molecular formula is C12H14Cl. The number of benzene rings is 1. The molecule has 1 aliphatic rings. The number of hydrogen-bond donors (Lipinski definition) is 0. The number of rotatable bonds is 2. The average Bonchev–Trinajstić information content (AvgIpc) is 2.86. The van der Waals surface area contributed by atoms with Crippen LogP contribution in [0.3, 0.4) is 0 Å². The third kappa shape index (κ3) is 1.73. The van der Waals surface area contributed by atoms with Crippen molar-refractivity contribution in [2.24, 2.45) is 0 Å². The van der Waals surface area contributed by atoms with Gasteiger partial charge in [0, 0.05) is 5.02 Å². The van der Waals surface area contributed by atoms with E-state index in [-0.39, 0.29) is 0 Å². The van der Waals surface area contributed by atoms with E-state index in [1.807, 2.05) is 12.1 Å². The van der Waals surface area contributed by atoms with Crippen molar-refractivity contribution in [2.75, 3.05) is 0 Å². The molecule has 69 valence electrons. The molecule has 0 unspecified atom stereocenters. The highest BCUT2D eigenvalue weighted by atomic mass is 35.5. The summed E-state index contributed by atoms with van der Waals surface area (Å²) in [6.45, 7) is 4.30. The van der Waals surface area contributed by atoms with Crippen LogP contribution in [0.4, 0.5) is 0 Å². The highest BCUT2D eigenvalue weighted by molar-refractivity contribution is 6.31. The van der Waals surface area contributed by atoms with Gasteiger partial charge in [0.05, 0.1) is 0 Å². The van der Waals surface area contributed by atoms with E-state index in [1.165, 1.54) is 29.9 Å². The van der Waals surface area contributed by atoms with Gasteiger partial charge in [-0.05, 0) is 41.9 Å². The molecular weight excluding hydrogens is 180 g/mol. The molecule has 0 bridgehead atoms. The molecule has 0 aromatic heterocycles. The lowest BCUT2D eigenvalue weighted by Crippen LogP contribution is -1.95. The summed E-state index contributed by atoms with van der Waals surface area (Å²) in [5, 5.41) is 0.946. The molecule has 1 aromatic carbocycles. The van der Waals surface area contributed by atoms with E-state index >= 15 is 0 Å². The fourth-order valence-corrected chi connectivity index (χ4v) is 2.09. The van der Waals surface area contributed by atoms with Crippen LogP contribution in [0.1, 0.15) is 43.7 Å². The first-order valence-electron chi connectivity index (χ1n) is 4.79. The Balaban J connectivity index is 2.47. The van der Waals surface area contributed by atoms with E-state index in [9.17, 15) is 0 Å². The van der Waals surface area contributed by atoms with Gasteiger partial charge in [-0.1, -0.05) is 37.6 Å². The van der Waals surface area contributed by atoms with Gasteiger partial charge in [-0.15, -0.1) is 0 Å². The molecule has 0 atom stereocenters. The van der Waals surface area contributed by atoms with Crippen LogP contribution >= 0.6 is 11.6 Å². The molecule has 2 rings (SSSR count). The summed E-state index contributed by atoms with van der Waals surface area (Å²) in [5.74, 6) is 2.10. The largest absolute Gasteiger partial charge is 0.0840 e. The standard InChI is InChI=1S/C12H14Cl/c1-8(2)10-4-3-5-11(13)12(10)9-6-7-9/h3-5,9H,6-7H2,1-2H3. The van der Waals surface area contributed by atoms with Gasteiger partial charge >= 0.3 is 0 Å². The van der Waals surface area contributed by atoms with Gasteiger partial charge in [0.1, 0.15) is 0 Å². The minimum Gasteiger partial charge on any atom is -0.0840 e. The summed E-state index contributed by atoms with van der Waals surface area (Å²) in [7, 11) is 0. The molecule has 1 heteroatoms. The molecule has 0 saturated heterocycles. The van der Waals surface area contributed by atoms with Crippen LogP contribution in [0.2, 0.25) is 5.02 Å². The zero-order valence-corrected chi connectivity index (χ0v) is 8.86. The van der Waals surface area contributed by atoms with E-state index in [2.05, 4.69) is 19.9 Å². The first-order chi connectivity index (χ1) is 6.20. The van der Waals surface area contributed by atoms with E-state index in [0.717, 1.165) is 10.9 Å². The van der Waals surface area contributed by atoms with Gasteiger partial charge < -0.3 is 0 Å². The Morgan fingerprint density at radius 3 is 2.54 bits per heavy atom. The fraction of sp³-hybridized carbons (Fsp3) is 0.417. The summed E-state index contributed by atoms with van der Waals surface area (Å²) in [6, 6.07) is 6.22. The predicted octanol–water partition coefficient (Wildman–Crippen LogP) is 4.18. The summed E-state index contributed by atoms with van der Waals surface area (Å²) in [5.41, 5.74) is 2.74. The smallest absolute Gasteiger partial charge is 0.0443 e. The lowest BCUT2D eigenvalue weighted by atomic mass is 9.94. The summed E-state index contributed by atoms with van der Waals surface area (Å²) >= 11 is 6.20. The van der Waals surface area contributed by atoms with Crippen molar-refractivity contribution in [1.82, 2.24) is 0 Å². The zero-order chi connectivity index (χ0) is 9.42. The van der Waals surface area contributed by atoms with Crippen molar-refractivity contribution in [1.29, 1.82) is 0 Å². The van der Waals surface area contributed by atoms with E-state index < -0.39 is 0 Å². The molecule has 1 radical (unpaired) electrons. The molecule has 0 N–H and O–H groups in total. The maximum atomic E-state index is 6.20. The zero-order valence-electron chi connectivity index (χ0n) is 8.10. The Kier molecular flexibility index (Phi) is 2.33. The maximum absolute atomic E-state index is 6.20. The molecule has 0 nitrogen and oxygen atoms in total. The van der Waals surface area contributed by atoms with Crippen molar-refractivity contribution < 1.29 is 0 Å². The number of hydrogen-bond acceptors (Lipinski definition) is 0. The minimum absolute atomic E-state index is 0.735. The first kappa shape index (κ1) is 9.08. The summed E-state index contributed by atoms with van der Waals surface area (Å²) < 4.78 is 0. The van der Waals surface area contributed by atoms with Gasteiger partial charge in [-0.25, -0.2) is 0 Å². The molecule has 13 heavy (non-hydrogen) atoms. The minimum atomic E-state index is 0.735. The van der Waals surface area contributed by atoms with Gasteiger partial charge in [0.2, 0.25) is 0 Å².